The Morgan fingerprint density at radius 2 is 1.65 bits per heavy atom. The number of ether oxygens (including phenoxy) is 1. The van der Waals surface area contributed by atoms with Gasteiger partial charge in [0.2, 0.25) is 5.91 Å². The number of nitrogens with zero attached hydrogens (tertiary/aromatic N) is 1. The topological polar surface area (TPSA) is 29.5 Å². The van der Waals surface area contributed by atoms with E-state index in [2.05, 4.69) is 73.7 Å². The monoisotopic (exact) mass is 407 g/mol. The fourth-order valence-electron chi connectivity index (χ4n) is 4.68. The van der Waals surface area contributed by atoms with Gasteiger partial charge in [0.25, 0.3) is 0 Å². The number of anilines is 1. The van der Waals surface area contributed by atoms with E-state index in [0.717, 1.165) is 22.6 Å². The molecule has 3 heteroatoms. The maximum absolute atomic E-state index is 13.4. The summed E-state index contributed by atoms with van der Waals surface area (Å²) in [5.74, 6) is 0.921. The highest BCUT2D eigenvalue weighted by Crippen LogP contribution is 2.46. The van der Waals surface area contributed by atoms with Crippen molar-refractivity contribution in [1.82, 2.24) is 0 Å². The summed E-state index contributed by atoms with van der Waals surface area (Å²) in [4.78, 5) is 15.4. The van der Waals surface area contributed by atoms with Crippen LogP contribution in [0.2, 0.25) is 0 Å². The van der Waals surface area contributed by atoms with Gasteiger partial charge < -0.3 is 9.64 Å². The molecule has 31 heavy (non-hydrogen) atoms. The van der Waals surface area contributed by atoms with Crippen molar-refractivity contribution in [2.45, 2.75) is 25.8 Å². The van der Waals surface area contributed by atoms with Crippen LogP contribution in [0.15, 0.2) is 84.9 Å². The van der Waals surface area contributed by atoms with E-state index in [0.29, 0.717) is 13.0 Å². The van der Waals surface area contributed by atoms with Gasteiger partial charge in [-0.05, 0) is 41.0 Å². The van der Waals surface area contributed by atoms with Gasteiger partial charge in [-0.3, -0.25) is 4.79 Å². The minimum atomic E-state index is -0.0426. The highest BCUT2D eigenvalue weighted by Gasteiger charge is 2.34. The van der Waals surface area contributed by atoms with Gasteiger partial charge in [0.15, 0.2) is 0 Å². The van der Waals surface area contributed by atoms with E-state index in [9.17, 15) is 4.79 Å². The fourth-order valence-corrected chi connectivity index (χ4v) is 4.68. The van der Waals surface area contributed by atoms with Crippen LogP contribution >= 0.6 is 0 Å². The molecular weight excluding hydrogens is 382 g/mol. The SMILES string of the molecule is COc1ccccc1C1CC(=O)N(Cc2ccc(C)cc2)c2ccc3ccccc3c21. The van der Waals surface area contributed by atoms with Crippen LogP contribution < -0.4 is 9.64 Å². The van der Waals surface area contributed by atoms with E-state index in [-0.39, 0.29) is 11.8 Å². The van der Waals surface area contributed by atoms with Crippen LogP contribution in [0.4, 0.5) is 5.69 Å². The average Bonchev–Trinajstić information content (AvgIpc) is 2.81. The zero-order valence-corrected chi connectivity index (χ0v) is 17.8. The summed E-state index contributed by atoms with van der Waals surface area (Å²) >= 11 is 0. The minimum absolute atomic E-state index is 0.0426. The Hall–Kier alpha value is -3.59. The first-order chi connectivity index (χ1) is 15.2. The molecule has 0 radical (unpaired) electrons. The molecule has 0 aromatic heterocycles. The van der Waals surface area contributed by atoms with Crippen LogP contribution in [-0.2, 0) is 11.3 Å². The van der Waals surface area contributed by atoms with Crippen molar-refractivity contribution in [1.29, 1.82) is 0 Å². The first kappa shape index (κ1) is 19.4. The summed E-state index contributed by atoms with van der Waals surface area (Å²) in [6.45, 7) is 2.65. The Kier molecular flexibility index (Phi) is 4.95. The molecule has 1 unspecified atom stereocenters. The lowest BCUT2D eigenvalue weighted by molar-refractivity contribution is -0.119. The molecule has 3 nitrogen and oxygen atoms in total. The zero-order valence-electron chi connectivity index (χ0n) is 17.8. The quantitative estimate of drug-likeness (QED) is 0.402. The minimum Gasteiger partial charge on any atom is -0.496 e. The Morgan fingerprint density at radius 3 is 2.45 bits per heavy atom. The van der Waals surface area contributed by atoms with Crippen molar-refractivity contribution in [3.05, 3.63) is 107 Å². The molecular formula is C28H25NO2. The van der Waals surface area contributed by atoms with E-state index in [1.54, 1.807) is 7.11 Å². The molecule has 1 amide bonds. The highest BCUT2D eigenvalue weighted by atomic mass is 16.5. The molecule has 1 aliphatic rings. The van der Waals surface area contributed by atoms with Gasteiger partial charge in [-0.2, -0.15) is 0 Å². The smallest absolute Gasteiger partial charge is 0.228 e. The van der Waals surface area contributed by atoms with Crippen LogP contribution in [0.25, 0.3) is 10.8 Å². The maximum Gasteiger partial charge on any atom is 0.228 e. The van der Waals surface area contributed by atoms with Crippen LogP contribution in [0, 0.1) is 6.92 Å². The van der Waals surface area contributed by atoms with Gasteiger partial charge in [0.05, 0.1) is 13.7 Å². The first-order valence-electron chi connectivity index (χ1n) is 10.7. The number of hydrogen-bond donors (Lipinski definition) is 0. The summed E-state index contributed by atoms with van der Waals surface area (Å²) in [6.07, 6.45) is 0.424. The van der Waals surface area contributed by atoms with Crippen molar-refractivity contribution >= 4 is 22.4 Å². The third-order valence-electron chi connectivity index (χ3n) is 6.24. The van der Waals surface area contributed by atoms with E-state index < -0.39 is 0 Å². The van der Waals surface area contributed by atoms with E-state index >= 15 is 0 Å². The molecule has 4 aromatic rings. The van der Waals surface area contributed by atoms with Gasteiger partial charge in [-0.25, -0.2) is 0 Å². The molecule has 1 aliphatic heterocycles. The Balaban J connectivity index is 1.69. The third-order valence-corrected chi connectivity index (χ3v) is 6.24. The highest BCUT2D eigenvalue weighted by molar-refractivity contribution is 6.03. The molecule has 0 N–H and O–H groups in total. The molecule has 5 rings (SSSR count). The molecule has 0 bridgehead atoms. The lowest BCUT2D eigenvalue weighted by atomic mass is 9.80. The Morgan fingerprint density at radius 1 is 0.903 bits per heavy atom. The van der Waals surface area contributed by atoms with E-state index in [1.165, 1.54) is 21.9 Å². The van der Waals surface area contributed by atoms with Gasteiger partial charge in [0, 0.05) is 23.6 Å². The number of methoxy groups -OCH3 is 1. The van der Waals surface area contributed by atoms with Crippen molar-refractivity contribution in [2.75, 3.05) is 12.0 Å². The lowest BCUT2D eigenvalue weighted by Crippen LogP contribution is -2.36. The number of benzene rings is 4. The Labute approximate surface area is 182 Å². The first-order valence-corrected chi connectivity index (χ1v) is 10.7. The summed E-state index contributed by atoms with van der Waals surface area (Å²) in [6, 6.07) is 29.1. The molecule has 0 spiro atoms. The molecule has 0 saturated carbocycles. The second-order valence-corrected chi connectivity index (χ2v) is 8.18. The summed E-state index contributed by atoms with van der Waals surface area (Å²) in [5.41, 5.74) is 5.61. The third kappa shape index (κ3) is 3.46. The second kappa shape index (κ2) is 7.92. The number of rotatable bonds is 4. The van der Waals surface area contributed by atoms with Crippen LogP contribution in [0.3, 0.4) is 0 Å². The number of para-hydroxylation sites is 1. The summed E-state index contributed by atoms with van der Waals surface area (Å²) in [7, 11) is 1.69. The molecule has 154 valence electrons. The summed E-state index contributed by atoms with van der Waals surface area (Å²) < 4.78 is 5.67. The number of aryl methyl sites for hydroxylation is 1. The van der Waals surface area contributed by atoms with E-state index in [4.69, 9.17) is 4.74 Å². The number of fused-ring (bicyclic) bond motifs is 3. The lowest BCUT2D eigenvalue weighted by Gasteiger charge is -2.36. The summed E-state index contributed by atoms with van der Waals surface area (Å²) in [5, 5.41) is 2.38. The average molecular weight is 408 g/mol. The van der Waals surface area contributed by atoms with Gasteiger partial charge in [-0.1, -0.05) is 78.4 Å². The van der Waals surface area contributed by atoms with Crippen molar-refractivity contribution in [2.24, 2.45) is 0 Å². The normalized spacial score (nSPS) is 15.7. The zero-order chi connectivity index (χ0) is 21.4. The number of hydrogen-bond acceptors (Lipinski definition) is 2. The maximum atomic E-state index is 13.4. The number of carbonyl (C=O) groups is 1. The number of amides is 1. The molecule has 1 heterocycles. The molecule has 0 aliphatic carbocycles. The predicted octanol–water partition coefficient (Wildman–Crippen LogP) is 6.23. The molecule has 4 aromatic carbocycles. The second-order valence-electron chi connectivity index (χ2n) is 8.18. The molecule has 0 fully saturated rings. The standard InChI is InChI=1S/C28H25NO2/c1-19-11-13-20(14-12-19)18-29-25-16-15-21-7-3-4-8-22(21)28(25)24(17-27(29)30)23-9-5-6-10-26(23)31-2/h3-16,24H,17-18H2,1-2H3. The fraction of sp³-hybridized carbons (Fsp3) is 0.179. The van der Waals surface area contributed by atoms with Gasteiger partial charge in [0.1, 0.15) is 5.75 Å². The molecule has 1 atom stereocenters. The molecule has 0 saturated heterocycles. The van der Waals surface area contributed by atoms with Crippen LogP contribution in [0.5, 0.6) is 5.75 Å². The van der Waals surface area contributed by atoms with E-state index in [1.807, 2.05) is 23.1 Å². The van der Waals surface area contributed by atoms with Gasteiger partial charge >= 0.3 is 0 Å². The Bertz CT molecular complexity index is 1260. The number of carbonyl (C=O) groups excluding carboxylic acids is 1. The van der Waals surface area contributed by atoms with Crippen molar-refractivity contribution in [3.63, 3.8) is 0 Å². The van der Waals surface area contributed by atoms with Crippen LogP contribution in [-0.4, -0.2) is 13.0 Å². The van der Waals surface area contributed by atoms with Crippen LogP contribution in [0.1, 0.15) is 34.6 Å². The predicted molar refractivity (Wildman–Crippen MR) is 126 cm³/mol. The van der Waals surface area contributed by atoms with Gasteiger partial charge in [-0.15, -0.1) is 0 Å². The van der Waals surface area contributed by atoms with Crippen molar-refractivity contribution < 1.29 is 9.53 Å². The van der Waals surface area contributed by atoms with Crippen molar-refractivity contribution in [3.8, 4) is 5.75 Å². The largest absolute Gasteiger partial charge is 0.496 e.